The van der Waals surface area contributed by atoms with Crippen LogP contribution in [0.1, 0.15) is 21.1 Å². The summed E-state index contributed by atoms with van der Waals surface area (Å²) in [6.07, 6.45) is 0. The van der Waals surface area contributed by atoms with Crippen LogP contribution in [0.25, 0.3) is 10.2 Å². The predicted octanol–water partition coefficient (Wildman–Crippen LogP) is 3.89. The van der Waals surface area contributed by atoms with E-state index in [0.717, 1.165) is 11.3 Å². The molecule has 0 spiro atoms. The minimum Gasteiger partial charge on any atom is -0.477 e. The van der Waals surface area contributed by atoms with Crippen molar-refractivity contribution in [2.75, 3.05) is 5.32 Å². The summed E-state index contributed by atoms with van der Waals surface area (Å²) in [6, 6.07) is 6.01. The number of hydrogen-bond donors (Lipinski definition) is 2. The van der Waals surface area contributed by atoms with Crippen molar-refractivity contribution in [1.82, 2.24) is 9.97 Å². The Labute approximate surface area is 129 Å². The van der Waals surface area contributed by atoms with Crippen molar-refractivity contribution in [3.63, 3.8) is 0 Å². The number of halogens is 1. The van der Waals surface area contributed by atoms with E-state index in [-0.39, 0.29) is 10.7 Å². The van der Waals surface area contributed by atoms with Gasteiger partial charge in [0.2, 0.25) is 0 Å². The number of nitrogens with one attached hydrogen (secondary N) is 1. The lowest BCUT2D eigenvalue weighted by Gasteiger charge is -2.08. The highest BCUT2D eigenvalue weighted by Crippen LogP contribution is 2.35. The maximum atomic E-state index is 13.3. The number of aromatic carboxylic acids is 1. The first-order valence-electron chi connectivity index (χ1n) is 6.49. The first-order chi connectivity index (χ1) is 10.5. The van der Waals surface area contributed by atoms with Crippen molar-refractivity contribution >= 4 is 39.0 Å². The highest BCUT2D eigenvalue weighted by atomic mass is 32.1. The number of carbonyl (C=O) groups is 1. The van der Waals surface area contributed by atoms with Gasteiger partial charge in [0.25, 0.3) is 0 Å². The van der Waals surface area contributed by atoms with Gasteiger partial charge in [-0.2, -0.15) is 0 Å². The second-order valence-corrected chi connectivity index (χ2v) is 5.80. The number of nitrogens with zero attached hydrogens (tertiary/aromatic N) is 2. The number of aryl methyl sites for hydroxylation is 2. The van der Waals surface area contributed by atoms with Gasteiger partial charge in [-0.15, -0.1) is 11.3 Å². The molecule has 0 aliphatic heterocycles. The van der Waals surface area contributed by atoms with Gasteiger partial charge in [-0.1, -0.05) is 6.07 Å². The zero-order chi connectivity index (χ0) is 15.9. The molecule has 2 aromatic heterocycles. The van der Waals surface area contributed by atoms with Gasteiger partial charge in [-0.3, -0.25) is 0 Å². The summed E-state index contributed by atoms with van der Waals surface area (Å²) in [5.41, 5.74) is 1.15. The molecule has 2 N–H and O–H groups in total. The van der Waals surface area contributed by atoms with E-state index < -0.39 is 5.97 Å². The molecule has 5 nitrogen and oxygen atoms in total. The molecule has 0 bridgehead atoms. The average molecular weight is 317 g/mol. The minimum absolute atomic E-state index is 0.234. The SMILES string of the molecule is Cc1nc(Nc2cccc(F)c2)c2c(C)c(C(=O)O)sc2n1. The maximum Gasteiger partial charge on any atom is 0.346 e. The number of fused-ring (bicyclic) bond motifs is 1. The summed E-state index contributed by atoms with van der Waals surface area (Å²) in [5, 5.41) is 12.9. The Kier molecular flexibility index (Phi) is 3.50. The van der Waals surface area contributed by atoms with Crippen LogP contribution >= 0.6 is 11.3 Å². The zero-order valence-electron chi connectivity index (χ0n) is 11.8. The molecule has 0 atom stereocenters. The van der Waals surface area contributed by atoms with Crippen LogP contribution in [0.3, 0.4) is 0 Å². The summed E-state index contributed by atoms with van der Waals surface area (Å²) < 4.78 is 13.3. The number of rotatable bonds is 3. The quantitative estimate of drug-likeness (QED) is 0.766. The average Bonchev–Trinajstić information content (AvgIpc) is 2.76. The van der Waals surface area contributed by atoms with E-state index in [9.17, 15) is 14.3 Å². The molecule has 22 heavy (non-hydrogen) atoms. The van der Waals surface area contributed by atoms with Gasteiger partial charge in [0.05, 0.1) is 5.39 Å². The van der Waals surface area contributed by atoms with Crippen LogP contribution < -0.4 is 5.32 Å². The van der Waals surface area contributed by atoms with E-state index in [1.165, 1.54) is 12.1 Å². The third kappa shape index (κ3) is 2.50. The molecule has 3 rings (SSSR count). The van der Waals surface area contributed by atoms with E-state index in [2.05, 4.69) is 15.3 Å². The fraction of sp³-hybridized carbons (Fsp3) is 0.133. The van der Waals surface area contributed by atoms with Crippen LogP contribution in [0.15, 0.2) is 24.3 Å². The van der Waals surface area contributed by atoms with Gasteiger partial charge in [-0.25, -0.2) is 19.2 Å². The largest absolute Gasteiger partial charge is 0.477 e. The molecule has 0 saturated heterocycles. The Balaban J connectivity index is 2.18. The first kappa shape index (κ1) is 14.4. The Morgan fingerprint density at radius 2 is 2.09 bits per heavy atom. The number of thiophene rings is 1. The Hall–Kier alpha value is -2.54. The smallest absolute Gasteiger partial charge is 0.346 e. The molecule has 7 heteroatoms. The van der Waals surface area contributed by atoms with E-state index in [4.69, 9.17) is 0 Å². The molecule has 3 aromatic rings. The number of carboxylic acids is 1. The van der Waals surface area contributed by atoms with Gasteiger partial charge in [0.1, 0.15) is 27.2 Å². The maximum absolute atomic E-state index is 13.3. The van der Waals surface area contributed by atoms with E-state index in [1.54, 1.807) is 26.0 Å². The number of benzene rings is 1. The van der Waals surface area contributed by atoms with E-state index in [0.29, 0.717) is 33.1 Å². The van der Waals surface area contributed by atoms with Crippen molar-refractivity contribution in [3.8, 4) is 0 Å². The molecule has 2 heterocycles. The van der Waals surface area contributed by atoms with Crippen molar-refractivity contribution in [1.29, 1.82) is 0 Å². The minimum atomic E-state index is -0.991. The molecule has 0 radical (unpaired) electrons. The van der Waals surface area contributed by atoms with Gasteiger partial charge in [-0.05, 0) is 37.6 Å². The molecular weight excluding hydrogens is 305 g/mol. The standard InChI is InChI=1S/C15H12FN3O2S/c1-7-11-13(19-10-5-3-4-9(16)6-10)17-8(2)18-14(11)22-12(7)15(20)21/h3-6H,1-2H3,(H,20,21)(H,17,18,19). The van der Waals surface area contributed by atoms with Gasteiger partial charge in [0, 0.05) is 5.69 Å². The Bertz CT molecular complexity index is 892. The van der Waals surface area contributed by atoms with E-state index in [1.807, 2.05) is 0 Å². The second-order valence-electron chi connectivity index (χ2n) is 4.80. The molecular formula is C15H12FN3O2S. The van der Waals surface area contributed by atoms with Crippen LogP contribution in [0.5, 0.6) is 0 Å². The normalized spacial score (nSPS) is 10.9. The summed E-state index contributed by atoms with van der Waals surface area (Å²) in [6.45, 7) is 3.45. The molecule has 1 aromatic carbocycles. The molecule has 0 aliphatic rings. The van der Waals surface area contributed by atoms with Crippen LogP contribution in [0, 0.1) is 19.7 Å². The van der Waals surface area contributed by atoms with Crippen LogP contribution in [-0.2, 0) is 0 Å². The highest BCUT2D eigenvalue weighted by Gasteiger charge is 2.19. The van der Waals surface area contributed by atoms with Gasteiger partial charge in [0.15, 0.2) is 0 Å². The van der Waals surface area contributed by atoms with Crippen molar-refractivity contribution in [2.24, 2.45) is 0 Å². The first-order valence-corrected chi connectivity index (χ1v) is 7.31. The fourth-order valence-electron chi connectivity index (χ4n) is 2.24. The van der Waals surface area contributed by atoms with Crippen LogP contribution in [-0.4, -0.2) is 21.0 Å². The second kappa shape index (κ2) is 5.34. The van der Waals surface area contributed by atoms with Crippen LogP contribution in [0.2, 0.25) is 0 Å². The van der Waals surface area contributed by atoms with Gasteiger partial charge < -0.3 is 10.4 Å². The Morgan fingerprint density at radius 1 is 1.32 bits per heavy atom. The number of hydrogen-bond acceptors (Lipinski definition) is 5. The molecule has 0 saturated carbocycles. The van der Waals surface area contributed by atoms with E-state index >= 15 is 0 Å². The Morgan fingerprint density at radius 3 is 2.77 bits per heavy atom. The third-order valence-corrected chi connectivity index (χ3v) is 4.36. The molecule has 0 amide bonds. The summed E-state index contributed by atoms with van der Waals surface area (Å²) in [7, 11) is 0. The summed E-state index contributed by atoms with van der Waals surface area (Å²) >= 11 is 1.11. The monoisotopic (exact) mass is 317 g/mol. The lowest BCUT2D eigenvalue weighted by molar-refractivity contribution is 0.0701. The topological polar surface area (TPSA) is 75.1 Å². The summed E-state index contributed by atoms with van der Waals surface area (Å²) in [5.74, 6) is -0.353. The molecule has 0 fully saturated rings. The number of aromatic nitrogens is 2. The van der Waals surface area contributed by atoms with Crippen molar-refractivity contribution in [2.45, 2.75) is 13.8 Å². The number of carboxylic acid groups (broad SMARTS) is 1. The molecule has 0 unspecified atom stereocenters. The predicted molar refractivity (Wildman–Crippen MR) is 83.5 cm³/mol. The third-order valence-electron chi connectivity index (χ3n) is 3.18. The van der Waals surface area contributed by atoms with Crippen molar-refractivity contribution < 1.29 is 14.3 Å². The zero-order valence-corrected chi connectivity index (χ0v) is 12.7. The molecule has 112 valence electrons. The lowest BCUT2D eigenvalue weighted by atomic mass is 10.2. The summed E-state index contributed by atoms with van der Waals surface area (Å²) in [4.78, 5) is 20.7. The highest BCUT2D eigenvalue weighted by molar-refractivity contribution is 7.20. The van der Waals surface area contributed by atoms with Crippen LogP contribution in [0.4, 0.5) is 15.9 Å². The number of anilines is 2. The van der Waals surface area contributed by atoms with Crippen molar-refractivity contribution in [3.05, 3.63) is 46.3 Å². The molecule has 0 aliphatic carbocycles. The fourth-order valence-corrected chi connectivity index (χ4v) is 3.31. The lowest BCUT2D eigenvalue weighted by Crippen LogP contribution is -1.99. The van der Waals surface area contributed by atoms with Gasteiger partial charge >= 0.3 is 5.97 Å².